The van der Waals surface area contributed by atoms with Crippen LogP contribution >= 0.6 is 0 Å². The fraction of sp³-hybridized carbons (Fsp3) is 0. The Bertz CT molecular complexity index is 1270. The van der Waals surface area contributed by atoms with E-state index in [-0.39, 0.29) is 21.4 Å². The zero-order valence-electron chi connectivity index (χ0n) is 10.8. The van der Waals surface area contributed by atoms with Gasteiger partial charge in [0.1, 0.15) is 5.22 Å². The molecule has 0 heterocycles. The summed E-state index contributed by atoms with van der Waals surface area (Å²) in [6.45, 7) is 0. The van der Waals surface area contributed by atoms with Gasteiger partial charge in [0, 0.05) is 21.4 Å². The molecular formula is C17H8N2O2. The summed E-state index contributed by atoms with van der Waals surface area (Å²) in [6, 6.07) is 13.8. The van der Waals surface area contributed by atoms with Gasteiger partial charge >= 0.3 is 5.36 Å². The molecule has 2 aromatic rings. The SMILES string of the molecule is [N-]=[N+]=c1c2c(=O)c3ccccc3c(=O)c=2c2ccccc12. The highest BCUT2D eigenvalue weighted by atomic mass is 16.1. The van der Waals surface area contributed by atoms with E-state index < -0.39 is 0 Å². The van der Waals surface area contributed by atoms with Crippen molar-refractivity contribution in [2.45, 2.75) is 0 Å². The highest BCUT2D eigenvalue weighted by Gasteiger charge is 2.18. The minimum atomic E-state index is -0.274. The van der Waals surface area contributed by atoms with Gasteiger partial charge < -0.3 is 5.53 Å². The molecule has 0 atom stereocenters. The van der Waals surface area contributed by atoms with Crippen LogP contribution in [-0.2, 0) is 0 Å². The normalized spacial score (nSPS) is 11.2. The Morgan fingerprint density at radius 3 is 1.71 bits per heavy atom. The predicted molar refractivity (Wildman–Crippen MR) is 78.4 cm³/mol. The number of nitrogens with zero attached hydrogens (tertiary/aromatic N) is 2. The molecule has 0 saturated heterocycles. The summed E-state index contributed by atoms with van der Waals surface area (Å²) in [5, 5.41) is 2.72. The molecule has 4 rings (SSSR count). The molecule has 4 nitrogen and oxygen atoms in total. The van der Waals surface area contributed by atoms with Crippen LogP contribution in [0.2, 0.25) is 0 Å². The Morgan fingerprint density at radius 1 is 0.667 bits per heavy atom. The van der Waals surface area contributed by atoms with Crippen molar-refractivity contribution in [3.05, 3.63) is 90.3 Å². The van der Waals surface area contributed by atoms with Crippen LogP contribution in [0.25, 0.3) is 27.1 Å². The third-order valence-corrected chi connectivity index (χ3v) is 3.91. The summed E-state index contributed by atoms with van der Waals surface area (Å²) in [4.78, 5) is 28.7. The first kappa shape index (κ1) is 11.7. The van der Waals surface area contributed by atoms with E-state index in [1.807, 2.05) is 0 Å². The van der Waals surface area contributed by atoms with Gasteiger partial charge in [-0.3, -0.25) is 9.59 Å². The van der Waals surface area contributed by atoms with Gasteiger partial charge in [0.25, 0.3) is 0 Å². The maximum atomic E-state index is 12.7. The molecular weight excluding hydrogens is 264 g/mol. The fourth-order valence-electron chi connectivity index (χ4n) is 3.00. The van der Waals surface area contributed by atoms with Crippen molar-refractivity contribution in [3.63, 3.8) is 0 Å². The first-order valence-corrected chi connectivity index (χ1v) is 6.49. The van der Waals surface area contributed by atoms with Crippen molar-refractivity contribution in [2.75, 3.05) is 0 Å². The molecule has 0 spiro atoms. The fourth-order valence-corrected chi connectivity index (χ4v) is 3.00. The van der Waals surface area contributed by atoms with Crippen molar-refractivity contribution in [1.29, 1.82) is 0 Å². The van der Waals surface area contributed by atoms with E-state index in [1.54, 1.807) is 48.5 Å². The second-order valence-corrected chi connectivity index (χ2v) is 4.95. The maximum Gasteiger partial charge on any atom is 0.335 e. The molecule has 0 aliphatic heterocycles. The zero-order valence-corrected chi connectivity index (χ0v) is 10.8. The van der Waals surface area contributed by atoms with Crippen molar-refractivity contribution in [1.82, 2.24) is 0 Å². The largest absolute Gasteiger partial charge is 0.361 e. The van der Waals surface area contributed by atoms with E-state index in [2.05, 4.69) is 4.79 Å². The quantitative estimate of drug-likeness (QED) is 0.359. The second kappa shape index (κ2) is 3.95. The number of fused-ring (bicyclic) bond motifs is 3. The van der Waals surface area contributed by atoms with Gasteiger partial charge in [-0.05, 0) is 6.07 Å². The van der Waals surface area contributed by atoms with Crippen LogP contribution in [0.1, 0.15) is 0 Å². The summed E-state index contributed by atoms with van der Waals surface area (Å²) in [6.07, 6.45) is 0. The molecule has 21 heavy (non-hydrogen) atoms. The van der Waals surface area contributed by atoms with Crippen LogP contribution in [0.15, 0.2) is 58.1 Å². The molecule has 0 aromatic heterocycles. The Morgan fingerprint density at radius 2 is 1.14 bits per heavy atom. The molecule has 2 aromatic carbocycles. The van der Waals surface area contributed by atoms with Crippen molar-refractivity contribution < 1.29 is 4.79 Å². The Kier molecular flexibility index (Phi) is 2.20. The molecule has 98 valence electrons. The first-order valence-electron chi connectivity index (χ1n) is 6.49. The van der Waals surface area contributed by atoms with Crippen LogP contribution in [0.4, 0.5) is 0 Å². The minimum absolute atomic E-state index is 0.174. The molecule has 2 aliphatic rings. The van der Waals surface area contributed by atoms with Gasteiger partial charge in [0.2, 0.25) is 5.43 Å². The molecule has 0 radical (unpaired) electrons. The third-order valence-electron chi connectivity index (χ3n) is 3.91. The number of hydrogen-bond donors (Lipinski definition) is 0. The summed E-state index contributed by atoms with van der Waals surface area (Å²) in [5.74, 6) is 0. The molecule has 0 fully saturated rings. The van der Waals surface area contributed by atoms with Gasteiger partial charge in [-0.1, -0.05) is 42.5 Å². The average molecular weight is 272 g/mol. The second-order valence-electron chi connectivity index (χ2n) is 4.95. The van der Waals surface area contributed by atoms with E-state index in [0.29, 0.717) is 26.8 Å². The smallest absolute Gasteiger partial charge is 0.335 e. The summed E-state index contributed by atoms with van der Waals surface area (Å²) in [7, 11) is 0. The van der Waals surface area contributed by atoms with E-state index in [1.165, 1.54) is 0 Å². The van der Waals surface area contributed by atoms with Gasteiger partial charge in [0.05, 0.1) is 5.39 Å². The number of benzene rings is 2. The Balaban J connectivity index is 2.65. The lowest BCUT2D eigenvalue weighted by atomic mass is 10.1. The summed E-state index contributed by atoms with van der Waals surface area (Å²) in [5.41, 5.74) is 8.82. The monoisotopic (exact) mass is 272 g/mol. The molecule has 2 aliphatic carbocycles. The van der Waals surface area contributed by atoms with E-state index in [0.717, 1.165) is 0 Å². The van der Waals surface area contributed by atoms with E-state index in [9.17, 15) is 15.1 Å². The van der Waals surface area contributed by atoms with E-state index in [4.69, 9.17) is 0 Å². The third kappa shape index (κ3) is 1.34. The molecule has 0 amide bonds. The lowest BCUT2D eigenvalue weighted by molar-refractivity contribution is -0.0635. The van der Waals surface area contributed by atoms with Gasteiger partial charge in [-0.25, -0.2) is 0 Å². The Hall–Kier alpha value is -3.10. The van der Waals surface area contributed by atoms with Crippen molar-refractivity contribution in [2.24, 2.45) is 0 Å². The van der Waals surface area contributed by atoms with Crippen molar-refractivity contribution in [3.8, 4) is 0 Å². The lowest BCUT2D eigenvalue weighted by Gasteiger charge is -1.93. The van der Waals surface area contributed by atoms with Crippen molar-refractivity contribution >= 4 is 21.5 Å². The minimum Gasteiger partial charge on any atom is -0.361 e. The van der Waals surface area contributed by atoms with Crippen LogP contribution < -0.4 is 16.2 Å². The van der Waals surface area contributed by atoms with Gasteiger partial charge in [-0.2, -0.15) is 4.79 Å². The van der Waals surface area contributed by atoms with Crippen LogP contribution in [0, 0.1) is 10.4 Å². The molecule has 0 unspecified atom stereocenters. The highest BCUT2D eigenvalue weighted by molar-refractivity contribution is 5.89. The van der Waals surface area contributed by atoms with Crippen LogP contribution in [0.3, 0.4) is 0 Å². The van der Waals surface area contributed by atoms with E-state index >= 15 is 0 Å². The number of hydrogen-bond acceptors (Lipinski definition) is 2. The standard InChI is InChI=1S/C17H8N2O2/c18-19-15-10-6-2-1-5-9(10)13-14(15)17(21)12-8-4-3-7-11(12)16(13)20/h1-8H. The predicted octanol–water partition coefficient (Wildman–Crippen LogP) is 1.44. The van der Waals surface area contributed by atoms with Gasteiger partial charge in [0.15, 0.2) is 5.43 Å². The van der Waals surface area contributed by atoms with Gasteiger partial charge in [-0.15, -0.1) is 0 Å². The van der Waals surface area contributed by atoms with Crippen LogP contribution in [0.5, 0.6) is 0 Å². The average Bonchev–Trinajstić information content (AvgIpc) is 2.87. The molecule has 0 saturated carbocycles. The Labute approximate surface area is 117 Å². The first-order chi connectivity index (χ1) is 10.2. The molecule has 4 heteroatoms. The molecule has 0 N–H and O–H groups in total. The number of rotatable bonds is 0. The van der Waals surface area contributed by atoms with Crippen LogP contribution in [-0.4, -0.2) is 4.79 Å². The lowest BCUT2D eigenvalue weighted by Crippen LogP contribution is -2.19. The summed E-state index contributed by atoms with van der Waals surface area (Å²) < 4.78 is 0. The topological polar surface area (TPSA) is 70.5 Å². The summed E-state index contributed by atoms with van der Waals surface area (Å²) >= 11 is 0. The zero-order chi connectivity index (χ0) is 14.6. The maximum absolute atomic E-state index is 12.7. The molecule has 0 bridgehead atoms. The highest BCUT2D eigenvalue weighted by Crippen LogP contribution is 2.13.